The standard InChI is InChI=1S/C22H29F2N3O3S/c23-18-8-3-9-19(24)22(18)31(29,30)26-12-5-11-25(14-15-26)16-21(28)27-13-4-7-17-6-1-2-10-20(17)27/h3,8-10,17H,1-2,4-7,11-16H2. The Bertz CT molecular complexity index is 946. The van der Waals surface area contributed by atoms with Crippen molar-refractivity contribution in [2.75, 3.05) is 39.3 Å². The third kappa shape index (κ3) is 4.68. The number of halogens is 2. The van der Waals surface area contributed by atoms with E-state index in [9.17, 15) is 22.0 Å². The number of nitrogens with zero attached hydrogens (tertiary/aromatic N) is 3. The average molecular weight is 454 g/mol. The topological polar surface area (TPSA) is 60.9 Å². The maximum absolute atomic E-state index is 14.1. The molecule has 0 bridgehead atoms. The molecular weight excluding hydrogens is 424 g/mol. The van der Waals surface area contributed by atoms with E-state index in [-0.39, 0.29) is 25.5 Å². The molecule has 1 aromatic carbocycles. The number of allylic oxidation sites excluding steroid dienone is 2. The number of carbonyl (C=O) groups is 1. The van der Waals surface area contributed by atoms with Gasteiger partial charge in [-0.3, -0.25) is 9.69 Å². The first kappa shape index (κ1) is 22.4. The fourth-order valence-electron chi connectivity index (χ4n) is 4.93. The third-order valence-corrected chi connectivity index (χ3v) is 8.45. The lowest BCUT2D eigenvalue weighted by molar-refractivity contribution is -0.131. The van der Waals surface area contributed by atoms with Gasteiger partial charge in [-0.1, -0.05) is 12.1 Å². The van der Waals surface area contributed by atoms with Gasteiger partial charge in [-0.15, -0.1) is 0 Å². The summed E-state index contributed by atoms with van der Waals surface area (Å²) in [7, 11) is -4.28. The van der Waals surface area contributed by atoms with E-state index in [0.29, 0.717) is 25.4 Å². The minimum absolute atomic E-state index is 0.0503. The molecule has 6 nitrogen and oxygen atoms in total. The zero-order valence-corrected chi connectivity index (χ0v) is 18.4. The summed E-state index contributed by atoms with van der Waals surface area (Å²) in [4.78, 5) is 16.0. The predicted octanol–water partition coefficient (Wildman–Crippen LogP) is 2.97. The zero-order chi connectivity index (χ0) is 22.0. The summed E-state index contributed by atoms with van der Waals surface area (Å²) in [5, 5.41) is 0. The highest BCUT2D eigenvalue weighted by Gasteiger charge is 2.34. The lowest BCUT2D eigenvalue weighted by Crippen LogP contribution is -2.45. The van der Waals surface area contributed by atoms with E-state index in [0.717, 1.165) is 60.4 Å². The number of fused-ring (bicyclic) bond motifs is 1. The molecule has 3 aliphatic rings. The molecule has 1 amide bonds. The highest BCUT2D eigenvalue weighted by atomic mass is 32.2. The van der Waals surface area contributed by atoms with Gasteiger partial charge < -0.3 is 4.90 Å². The molecule has 170 valence electrons. The van der Waals surface area contributed by atoms with Crippen LogP contribution in [0.5, 0.6) is 0 Å². The van der Waals surface area contributed by atoms with Crippen LogP contribution in [0.1, 0.15) is 38.5 Å². The van der Waals surface area contributed by atoms with Crippen molar-refractivity contribution in [3.63, 3.8) is 0 Å². The van der Waals surface area contributed by atoms with Crippen LogP contribution in [0.4, 0.5) is 8.78 Å². The van der Waals surface area contributed by atoms with Crippen molar-refractivity contribution in [1.29, 1.82) is 0 Å². The van der Waals surface area contributed by atoms with E-state index >= 15 is 0 Å². The second kappa shape index (κ2) is 9.34. The largest absolute Gasteiger partial charge is 0.315 e. The van der Waals surface area contributed by atoms with Crippen LogP contribution in [0.25, 0.3) is 0 Å². The summed E-state index contributed by atoms with van der Waals surface area (Å²) in [6.07, 6.45) is 8.16. The molecule has 0 spiro atoms. The van der Waals surface area contributed by atoms with Crippen molar-refractivity contribution in [2.24, 2.45) is 5.92 Å². The van der Waals surface area contributed by atoms with Gasteiger partial charge in [0, 0.05) is 31.9 Å². The number of amides is 1. The third-order valence-electron chi connectivity index (χ3n) is 6.50. The number of hydrogen-bond acceptors (Lipinski definition) is 4. The van der Waals surface area contributed by atoms with Crippen molar-refractivity contribution in [1.82, 2.24) is 14.1 Å². The highest BCUT2D eigenvalue weighted by molar-refractivity contribution is 7.89. The molecular formula is C22H29F2N3O3S. The first-order valence-corrected chi connectivity index (χ1v) is 12.5. The average Bonchev–Trinajstić information content (AvgIpc) is 2.99. The predicted molar refractivity (Wildman–Crippen MR) is 113 cm³/mol. The highest BCUT2D eigenvalue weighted by Crippen LogP contribution is 2.35. The Morgan fingerprint density at radius 2 is 1.71 bits per heavy atom. The molecule has 9 heteroatoms. The fraction of sp³-hybridized carbons (Fsp3) is 0.591. The smallest absolute Gasteiger partial charge is 0.248 e. The second-order valence-electron chi connectivity index (χ2n) is 8.53. The van der Waals surface area contributed by atoms with Crippen LogP contribution in [-0.4, -0.2) is 67.7 Å². The first-order valence-electron chi connectivity index (χ1n) is 11.0. The van der Waals surface area contributed by atoms with Crippen LogP contribution in [-0.2, 0) is 14.8 Å². The van der Waals surface area contributed by atoms with Gasteiger partial charge in [-0.05, 0) is 63.1 Å². The summed E-state index contributed by atoms with van der Waals surface area (Å²) in [5.41, 5.74) is 1.16. The first-order chi connectivity index (χ1) is 14.9. The monoisotopic (exact) mass is 453 g/mol. The van der Waals surface area contributed by atoms with Crippen molar-refractivity contribution >= 4 is 15.9 Å². The lowest BCUT2D eigenvalue weighted by atomic mass is 9.85. The number of hydrogen-bond donors (Lipinski definition) is 0. The Labute approximate surface area is 182 Å². The van der Waals surface area contributed by atoms with Crippen LogP contribution in [0.15, 0.2) is 34.9 Å². The summed E-state index contributed by atoms with van der Waals surface area (Å²) in [6, 6.07) is 3.04. The Morgan fingerprint density at radius 3 is 2.48 bits per heavy atom. The van der Waals surface area contributed by atoms with Crippen molar-refractivity contribution in [2.45, 2.75) is 43.4 Å². The van der Waals surface area contributed by atoms with Crippen LogP contribution in [0.3, 0.4) is 0 Å². The minimum Gasteiger partial charge on any atom is -0.315 e. The Kier molecular flexibility index (Phi) is 6.74. The van der Waals surface area contributed by atoms with E-state index in [1.165, 1.54) is 6.42 Å². The summed E-state index contributed by atoms with van der Waals surface area (Å²) in [5.74, 6) is -1.64. The summed E-state index contributed by atoms with van der Waals surface area (Å²) >= 11 is 0. The van der Waals surface area contributed by atoms with E-state index < -0.39 is 26.6 Å². The van der Waals surface area contributed by atoms with Crippen LogP contribution in [0.2, 0.25) is 0 Å². The zero-order valence-electron chi connectivity index (χ0n) is 17.6. The maximum atomic E-state index is 14.1. The van der Waals surface area contributed by atoms with E-state index in [1.807, 2.05) is 9.80 Å². The van der Waals surface area contributed by atoms with Crippen LogP contribution >= 0.6 is 0 Å². The maximum Gasteiger partial charge on any atom is 0.248 e. The number of likely N-dealkylation sites (tertiary alicyclic amines) is 1. The van der Waals surface area contributed by atoms with Crippen LogP contribution < -0.4 is 0 Å². The van der Waals surface area contributed by atoms with Gasteiger partial charge in [0.05, 0.1) is 6.54 Å². The Hall–Kier alpha value is -1.84. The summed E-state index contributed by atoms with van der Waals surface area (Å²) < 4.78 is 55.0. The van der Waals surface area contributed by atoms with Gasteiger partial charge >= 0.3 is 0 Å². The molecule has 31 heavy (non-hydrogen) atoms. The van der Waals surface area contributed by atoms with E-state index in [1.54, 1.807) is 0 Å². The Morgan fingerprint density at radius 1 is 0.968 bits per heavy atom. The molecule has 0 saturated carbocycles. The summed E-state index contributed by atoms with van der Waals surface area (Å²) in [6.45, 7) is 2.13. The lowest BCUT2D eigenvalue weighted by Gasteiger charge is -2.38. The van der Waals surface area contributed by atoms with Gasteiger partial charge in [-0.25, -0.2) is 17.2 Å². The molecule has 2 saturated heterocycles. The second-order valence-corrected chi connectivity index (χ2v) is 10.4. The van der Waals surface area contributed by atoms with E-state index in [2.05, 4.69) is 6.08 Å². The quantitative estimate of drug-likeness (QED) is 0.703. The molecule has 0 N–H and O–H groups in total. The molecule has 0 radical (unpaired) electrons. The van der Waals surface area contributed by atoms with Crippen molar-refractivity contribution in [3.05, 3.63) is 41.6 Å². The van der Waals surface area contributed by atoms with Gasteiger partial charge in [0.2, 0.25) is 15.9 Å². The number of rotatable bonds is 4. The molecule has 0 aromatic heterocycles. The fourth-order valence-corrected chi connectivity index (χ4v) is 6.50. The van der Waals surface area contributed by atoms with Gasteiger partial charge in [0.25, 0.3) is 0 Å². The van der Waals surface area contributed by atoms with Gasteiger partial charge in [-0.2, -0.15) is 4.31 Å². The van der Waals surface area contributed by atoms with E-state index in [4.69, 9.17) is 0 Å². The number of piperidine rings is 1. The van der Waals surface area contributed by atoms with Crippen molar-refractivity contribution < 1.29 is 22.0 Å². The molecule has 1 aliphatic carbocycles. The molecule has 1 atom stereocenters. The number of benzene rings is 1. The molecule has 1 unspecified atom stereocenters. The molecule has 4 rings (SSSR count). The Balaban J connectivity index is 1.41. The molecule has 2 fully saturated rings. The number of carbonyl (C=O) groups excluding carboxylic acids is 1. The van der Waals surface area contributed by atoms with Crippen molar-refractivity contribution in [3.8, 4) is 0 Å². The van der Waals surface area contributed by atoms with Gasteiger partial charge in [0.15, 0.2) is 4.90 Å². The number of sulfonamides is 1. The SMILES string of the molecule is O=C(CN1CCCN(S(=O)(=O)c2c(F)cccc2F)CC1)N1CCCC2CCCC=C21. The normalized spacial score (nSPS) is 23.7. The molecule has 2 heterocycles. The van der Waals surface area contributed by atoms with Gasteiger partial charge in [0.1, 0.15) is 11.6 Å². The molecule has 2 aliphatic heterocycles. The molecule has 1 aromatic rings. The van der Waals surface area contributed by atoms with Crippen LogP contribution in [0, 0.1) is 17.6 Å². The minimum atomic E-state index is -4.28.